The minimum atomic E-state index is -1.69. The largest absolute Gasteiger partial charge is 0.453 e. The Morgan fingerprint density at radius 1 is 0.933 bits per heavy atom. The number of hydrogen-bond acceptors (Lipinski definition) is 11. The van der Waals surface area contributed by atoms with Gasteiger partial charge in [0.15, 0.2) is 12.4 Å². The van der Waals surface area contributed by atoms with Crippen LogP contribution in [0.5, 0.6) is 0 Å². The number of aliphatic hydroxyl groups excluding tert-OH is 6. The molecule has 11 nitrogen and oxygen atoms in total. The van der Waals surface area contributed by atoms with E-state index in [2.05, 4.69) is 0 Å². The van der Waals surface area contributed by atoms with Gasteiger partial charge < -0.3 is 49.6 Å². The summed E-state index contributed by atoms with van der Waals surface area (Å²) >= 11 is 0. The summed E-state index contributed by atoms with van der Waals surface area (Å²) in [5.41, 5.74) is 0.212. The van der Waals surface area contributed by atoms with E-state index in [0.29, 0.717) is 0 Å². The SMILES string of the molecule is O=C(OC1C(CO)OC(OC2COC(CO)C(O)C2O)C(O)C1O)c1ccccc1. The molecule has 1 aromatic rings. The lowest BCUT2D eigenvalue weighted by Crippen LogP contribution is -2.63. The first-order valence-corrected chi connectivity index (χ1v) is 9.50. The topological polar surface area (TPSA) is 175 Å². The van der Waals surface area contributed by atoms with Crippen molar-refractivity contribution in [1.82, 2.24) is 0 Å². The Bertz CT molecular complexity index is 684. The van der Waals surface area contributed by atoms with Crippen molar-refractivity contribution in [2.75, 3.05) is 19.8 Å². The summed E-state index contributed by atoms with van der Waals surface area (Å²) in [5, 5.41) is 59.7. The van der Waals surface area contributed by atoms with Crippen molar-refractivity contribution >= 4 is 5.97 Å². The fraction of sp³-hybridized carbons (Fsp3) is 0.632. The van der Waals surface area contributed by atoms with Crippen LogP contribution in [0.1, 0.15) is 10.4 Å². The number of esters is 1. The molecular weight excluding hydrogens is 404 g/mol. The number of carbonyl (C=O) groups is 1. The van der Waals surface area contributed by atoms with Crippen LogP contribution in [0.15, 0.2) is 30.3 Å². The van der Waals surface area contributed by atoms with Gasteiger partial charge in [0.05, 0.1) is 25.4 Å². The molecule has 0 amide bonds. The first-order chi connectivity index (χ1) is 14.4. The van der Waals surface area contributed by atoms with Gasteiger partial charge in [-0.25, -0.2) is 4.79 Å². The van der Waals surface area contributed by atoms with Crippen LogP contribution < -0.4 is 0 Å². The number of ether oxygens (including phenoxy) is 4. The Labute approximate surface area is 172 Å². The zero-order valence-corrected chi connectivity index (χ0v) is 15.9. The molecule has 0 radical (unpaired) electrons. The second-order valence-electron chi connectivity index (χ2n) is 7.15. The number of rotatable bonds is 6. The van der Waals surface area contributed by atoms with Crippen LogP contribution in [0.4, 0.5) is 0 Å². The van der Waals surface area contributed by atoms with Crippen molar-refractivity contribution in [3.63, 3.8) is 0 Å². The van der Waals surface area contributed by atoms with Crippen molar-refractivity contribution in [2.45, 2.75) is 55.1 Å². The number of benzene rings is 1. The summed E-state index contributed by atoms with van der Waals surface area (Å²) in [4.78, 5) is 12.3. The standard InChI is InChI=1S/C19H26O11/c20-6-10-13(22)14(23)12(8-27-10)29-19-16(25)15(24)17(11(7-21)28-19)30-18(26)9-4-2-1-3-5-9/h1-5,10-17,19-25H,6-8H2. The molecule has 0 aromatic heterocycles. The molecule has 0 bridgehead atoms. The lowest BCUT2D eigenvalue weighted by Gasteiger charge is -2.44. The van der Waals surface area contributed by atoms with Gasteiger partial charge in [-0.2, -0.15) is 0 Å². The third kappa shape index (κ3) is 4.80. The Morgan fingerprint density at radius 2 is 1.60 bits per heavy atom. The fourth-order valence-corrected chi connectivity index (χ4v) is 3.38. The second kappa shape index (κ2) is 10.1. The average Bonchev–Trinajstić information content (AvgIpc) is 2.77. The van der Waals surface area contributed by atoms with Gasteiger partial charge in [0, 0.05) is 0 Å². The van der Waals surface area contributed by atoms with Crippen LogP contribution in [-0.2, 0) is 18.9 Å². The van der Waals surface area contributed by atoms with Gasteiger partial charge in [-0.1, -0.05) is 18.2 Å². The molecule has 2 fully saturated rings. The molecule has 0 spiro atoms. The van der Waals surface area contributed by atoms with Gasteiger partial charge in [0.25, 0.3) is 0 Å². The van der Waals surface area contributed by atoms with Crippen LogP contribution in [0, 0.1) is 0 Å². The Hall–Kier alpha value is -1.67. The summed E-state index contributed by atoms with van der Waals surface area (Å²) in [7, 11) is 0. The second-order valence-corrected chi connectivity index (χ2v) is 7.15. The van der Waals surface area contributed by atoms with E-state index in [0.717, 1.165) is 0 Å². The van der Waals surface area contributed by atoms with E-state index in [9.17, 15) is 30.3 Å². The molecule has 168 valence electrons. The van der Waals surface area contributed by atoms with Gasteiger partial charge in [-0.3, -0.25) is 0 Å². The van der Waals surface area contributed by atoms with Gasteiger partial charge in [0.1, 0.15) is 42.7 Å². The first kappa shape index (κ1) is 23.0. The third-order valence-electron chi connectivity index (χ3n) is 5.15. The van der Waals surface area contributed by atoms with Crippen LogP contribution in [0.25, 0.3) is 0 Å². The van der Waals surface area contributed by atoms with E-state index in [1.54, 1.807) is 18.2 Å². The lowest BCUT2D eigenvalue weighted by molar-refractivity contribution is -0.331. The molecule has 9 atom stereocenters. The summed E-state index contributed by atoms with van der Waals surface area (Å²) in [6, 6.07) is 7.97. The van der Waals surface area contributed by atoms with Crippen molar-refractivity contribution in [3.8, 4) is 0 Å². The first-order valence-electron chi connectivity index (χ1n) is 9.50. The van der Waals surface area contributed by atoms with Crippen LogP contribution in [-0.4, -0.2) is 112 Å². The molecule has 9 unspecified atom stereocenters. The molecular formula is C19H26O11. The predicted molar refractivity (Wildman–Crippen MR) is 97.1 cm³/mol. The normalized spacial score (nSPS) is 39.5. The van der Waals surface area contributed by atoms with Gasteiger partial charge in [-0.05, 0) is 12.1 Å². The Balaban J connectivity index is 1.66. The molecule has 0 aliphatic carbocycles. The number of carbonyl (C=O) groups excluding carboxylic acids is 1. The van der Waals surface area contributed by atoms with Gasteiger partial charge in [-0.15, -0.1) is 0 Å². The van der Waals surface area contributed by atoms with Gasteiger partial charge >= 0.3 is 5.97 Å². The van der Waals surface area contributed by atoms with E-state index < -0.39 is 74.3 Å². The Morgan fingerprint density at radius 3 is 2.23 bits per heavy atom. The predicted octanol–water partition coefficient (Wildman–Crippen LogP) is -2.85. The highest BCUT2D eigenvalue weighted by molar-refractivity contribution is 5.89. The summed E-state index contributed by atoms with van der Waals surface area (Å²) in [6.07, 6.45) is -12.5. The van der Waals surface area contributed by atoms with Crippen LogP contribution in [0.2, 0.25) is 0 Å². The number of hydrogen-bond donors (Lipinski definition) is 6. The van der Waals surface area contributed by atoms with Crippen molar-refractivity contribution < 1.29 is 54.4 Å². The zero-order chi connectivity index (χ0) is 21.8. The molecule has 0 saturated carbocycles. The third-order valence-corrected chi connectivity index (χ3v) is 5.15. The molecule has 30 heavy (non-hydrogen) atoms. The maximum absolute atomic E-state index is 12.3. The molecule has 6 N–H and O–H groups in total. The van der Waals surface area contributed by atoms with E-state index in [1.165, 1.54) is 12.1 Å². The molecule has 3 rings (SSSR count). The monoisotopic (exact) mass is 430 g/mol. The van der Waals surface area contributed by atoms with E-state index in [-0.39, 0.29) is 12.2 Å². The lowest BCUT2D eigenvalue weighted by atomic mass is 9.97. The molecule has 2 heterocycles. The molecule has 2 aliphatic rings. The maximum Gasteiger partial charge on any atom is 0.338 e. The van der Waals surface area contributed by atoms with E-state index >= 15 is 0 Å². The van der Waals surface area contributed by atoms with Gasteiger partial charge in [0.2, 0.25) is 0 Å². The summed E-state index contributed by atoms with van der Waals surface area (Å²) < 4.78 is 21.3. The minimum absolute atomic E-state index is 0.212. The van der Waals surface area contributed by atoms with Crippen LogP contribution in [0.3, 0.4) is 0 Å². The summed E-state index contributed by atoms with van der Waals surface area (Å²) in [6.45, 7) is -1.38. The highest BCUT2D eigenvalue weighted by atomic mass is 16.7. The highest BCUT2D eigenvalue weighted by Gasteiger charge is 2.49. The van der Waals surface area contributed by atoms with Crippen molar-refractivity contribution in [2.24, 2.45) is 0 Å². The van der Waals surface area contributed by atoms with Crippen molar-refractivity contribution in [3.05, 3.63) is 35.9 Å². The minimum Gasteiger partial charge on any atom is -0.453 e. The maximum atomic E-state index is 12.3. The smallest absolute Gasteiger partial charge is 0.338 e. The zero-order valence-electron chi connectivity index (χ0n) is 15.9. The highest BCUT2D eigenvalue weighted by Crippen LogP contribution is 2.28. The molecule has 2 saturated heterocycles. The quantitative estimate of drug-likeness (QED) is 0.256. The fourth-order valence-electron chi connectivity index (χ4n) is 3.38. The average molecular weight is 430 g/mol. The summed E-state index contributed by atoms with van der Waals surface area (Å²) in [5.74, 6) is -0.775. The molecule has 1 aromatic carbocycles. The van der Waals surface area contributed by atoms with Crippen LogP contribution >= 0.6 is 0 Å². The van der Waals surface area contributed by atoms with Crippen molar-refractivity contribution in [1.29, 1.82) is 0 Å². The van der Waals surface area contributed by atoms with E-state index in [1.807, 2.05) is 0 Å². The molecule has 2 aliphatic heterocycles. The number of aliphatic hydroxyl groups is 6. The van der Waals surface area contributed by atoms with E-state index in [4.69, 9.17) is 24.1 Å². The molecule has 11 heteroatoms. The Kier molecular flexibility index (Phi) is 7.74.